The minimum absolute atomic E-state index is 0.285. The molecule has 0 aromatic heterocycles. The predicted octanol–water partition coefficient (Wildman–Crippen LogP) is 0.570. The number of alkyl halides is 1. The molecule has 3 nitrogen and oxygen atoms in total. The highest BCUT2D eigenvalue weighted by Gasteiger charge is 2.32. The Labute approximate surface area is 63.8 Å². The molecule has 0 aromatic rings. The number of hydrogen-bond acceptors (Lipinski definition) is 2. The Morgan fingerprint density at radius 1 is 1.64 bits per heavy atom. The monoisotopic (exact) mass is 162 g/mol. The number of rotatable bonds is 4. The van der Waals surface area contributed by atoms with Crippen LogP contribution in [0.5, 0.6) is 0 Å². The summed E-state index contributed by atoms with van der Waals surface area (Å²) in [6.07, 6.45) is -1.17. The van der Waals surface area contributed by atoms with Crippen LogP contribution in [0.2, 0.25) is 0 Å². The maximum atomic E-state index is 12.5. The van der Waals surface area contributed by atoms with Crippen molar-refractivity contribution < 1.29 is 19.4 Å². The van der Waals surface area contributed by atoms with Gasteiger partial charge in [0.15, 0.2) is 0 Å². The number of carboxylic acid groups (broad SMARTS) is 1. The van der Waals surface area contributed by atoms with Crippen molar-refractivity contribution in [2.75, 3.05) is 0 Å². The van der Waals surface area contributed by atoms with Crippen LogP contribution in [0.1, 0.15) is 19.3 Å². The van der Waals surface area contributed by atoms with Gasteiger partial charge < -0.3 is 10.2 Å². The first-order valence-corrected chi connectivity index (χ1v) is 3.66. The molecular formula is C7H11FO3. The Kier molecular flexibility index (Phi) is 2.44. The van der Waals surface area contributed by atoms with Crippen LogP contribution in [0.3, 0.4) is 0 Å². The summed E-state index contributed by atoms with van der Waals surface area (Å²) in [5.74, 6) is -1.22. The highest BCUT2D eigenvalue weighted by atomic mass is 19.1. The van der Waals surface area contributed by atoms with E-state index in [9.17, 15) is 9.18 Å². The smallest absolute Gasteiger partial charge is 0.341 e. The van der Waals surface area contributed by atoms with E-state index >= 15 is 0 Å². The lowest BCUT2D eigenvalue weighted by molar-refractivity contribution is -0.147. The first-order valence-electron chi connectivity index (χ1n) is 3.66. The number of aliphatic hydroxyl groups excluding tert-OH is 1. The molecule has 4 heteroatoms. The van der Waals surface area contributed by atoms with Gasteiger partial charge in [0.05, 0.1) is 6.10 Å². The van der Waals surface area contributed by atoms with Crippen LogP contribution in [0, 0.1) is 5.92 Å². The minimum atomic E-state index is -2.12. The molecule has 2 N–H and O–H groups in total. The summed E-state index contributed by atoms with van der Waals surface area (Å²) >= 11 is 0. The molecule has 1 saturated carbocycles. The lowest BCUT2D eigenvalue weighted by Crippen LogP contribution is -2.30. The second-order valence-corrected chi connectivity index (χ2v) is 2.99. The number of halogens is 1. The van der Waals surface area contributed by atoms with Crippen molar-refractivity contribution in [3.63, 3.8) is 0 Å². The van der Waals surface area contributed by atoms with Crippen molar-refractivity contribution in [3.8, 4) is 0 Å². The van der Waals surface area contributed by atoms with E-state index in [4.69, 9.17) is 10.2 Å². The molecule has 1 aliphatic rings. The van der Waals surface area contributed by atoms with Gasteiger partial charge >= 0.3 is 5.97 Å². The first kappa shape index (κ1) is 8.46. The molecule has 0 aromatic carbocycles. The third-order valence-corrected chi connectivity index (χ3v) is 1.85. The zero-order valence-electron chi connectivity index (χ0n) is 6.03. The minimum Gasteiger partial charge on any atom is -0.479 e. The molecular weight excluding hydrogens is 151 g/mol. The van der Waals surface area contributed by atoms with Gasteiger partial charge in [-0.2, -0.15) is 0 Å². The van der Waals surface area contributed by atoms with E-state index in [-0.39, 0.29) is 6.42 Å². The molecule has 0 aliphatic heterocycles. The molecule has 1 aliphatic carbocycles. The van der Waals surface area contributed by atoms with Crippen molar-refractivity contribution >= 4 is 5.97 Å². The number of carbonyl (C=O) groups is 1. The van der Waals surface area contributed by atoms with Gasteiger partial charge in [-0.1, -0.05) is 12.8 Å². The number of hydrogen-bond donors (Lipinski definition) is 2. The lowest BCUT2D eigenvalue weighted by atomic mass is 10.1. The average Bonchev–Trinajstić information content (AvgIpc) is 2.69. The van der Waals surface area contributed by atoms with Gasteiger partial charge in [-0.15, -0.1) is 0 Å². The Balaban J connectivity index is 2.26. The summed E-state index contributed by atoms with van der Waals surface area (Å²) < 4.78 is 12.5. The second kappa shape index (κ2) is 3.17. The SMILES string of the molecule is O=C(O)C(F)C(O)CC1CC1. The highest BCUT2D eigenvalue weighted by molar-refractivity contribution is 5.72. The van der Waals surface area contributed by atoms with Crippen LogP contribution in [-0.2, 0) is 4.79 Å². The van der Waals surface area contributed by atoms with Gasteiger partial charge in [0.1, 0.15) is 0 Å². The Morgan fingerprint density at radius 3 is 2.55 bits per heavy atom. The second-order valence-electron chi connectivity index (χ2n) is 2.99. The quantitative estimate of drug-likeness (QED) is 0.635. The van der Waals surface area contributed by atoms with Crippen molar-refractivity contribution in [3.05, 3.63) is 0 Å². The molecule has 0 amide bonds. The summed E-state index contributed by atoms with van der Waals surface area (Å²) in [7, 11) is 0. The van der Waals surface area contributed by atoms with E-state index in [1.54, 1.807) is 0 Å². The number of carboxylic acids is 1. The Bertz CT molecular complexity index is 156. The van der Waals surface area contributed by atoms with Gasteiger partial charge in [0.25, 0.3) is 0 Å². The van der Waals surface area contributed by atoms with Crippen LogP contribution in [-0.4, -0.2) is 28.5 Å². The zero-order chi connectivity index (χ0) is 8.43. The van der Waals surface area contributed by atoms with Gasteiger partial charge in [-0.3, -0.25) is 0 Å². The Morgan fingerprint density at radius 2 is 2.18 bits per heavy atom. The Hall–Kier alpha value is -0.640. The summed E-state index contributed by atoms with van der Waals surface area (Å²) in [4.78, 5) is 10.0. The van der Waals surface area contributed by atoms with Crippen molar-refractivity contribution in [2.45, 2.75) is 31.5 Å². The van der Waals surface area contributed by atoms with Crippen LogP contribution in [0.15, 0.2) is 0 Å². The summed E-state index contributed by atoms with van der Waals surface area (Å²) in [6, 6.07) is 0. The van der Waals surface area contributed by atoms with Crippen LogP contribution in [0.4, 0.5) is 4.39 Å². The lowest BCUT2D eigenvalue weighted by Gasteiger charge is -2.10. The maximum absolute atomic E-state index is 12.5. The van der Waals surface area contributed by atoms with Crippen LogP contribution >= 0.6 is 0 Å². The van der Waals surface area contributed by atoms with E-state index < -0.39 is 18.2 Å². The molecule has 0 heterocycles. The van der Waals surface area contributed by atoms with Crippen LogP contribution < -0.4 is 0 Å². The largest absolute Gasteiger partial charge is 0.479 e. The molecule has 0 bridgehead atoms. The molecule has 2 atom stereocenters. The predicted molar refractivity (Wildman–Crippen MR) is 35.9 cm³/mol. The molecule has 0 spiro atoms. The normalized spacial score (nSPS) is 22.7. The molecule has 0 radical (unpaired) electrons. The number of aliphatic hydroxyl groups is 1. The van der Waals surface area contributed by atoms with E-state index in [0.29, 0.717) is 5.92 Å². The summed E-state index contributed by atoms with van der Waals surface area (Å²) in [5, 5.41) is 17.1. The van der Waals surface area contributed by atoms with Crippen LogP contribution in [0.25, 0.3) is 0 Å². The molecule has 1 fully saturated rings. The third kappa shape index (κ3) is 2.46. The summed E-state index contributed by atoms with van der Waals surface area (Å²) in [5.41, 5.74) is 0. The fraction of sp³-hybridized carbons (Fsp3) is 0.857. The highest BCUT2D eigenvalue weighted by Crippen LogP contribution is 2.34. The average molecular weight is 162 g/mol. The van der Waals surface area contributed by atoms with Gasteiger partial charge in [-0.25, -0.2) is 9.18 Å². The van der Waals surface area contributed by atoms with Crippen molar-refractivity contribution in [1.29, 1.82) is 0 Å². The van der Waals surface area contributed by atoms with E-state index in [0.717, 1.165) is 12.8 Å². The van der Waals surface area contributed by atoms with E-state index in [1.165, 1.54) is 0 Å². The zero-order valence-corrected chi connectivity index (χ0v) is 6.03. The maximum Gasteiger partial charge on any atom is 0.341 e. The third-order valence-electron chi connectivity index (χ3n) is 1.85. The molecule has 11 heavy (non-hydrogen) atoms. The molecule has 2 unspecified atom stereocenters. The molecule has 0 saturated heterocycles. The fourth-order valence-corrected chi connectivity index (χ4v) is 0.979. The standard InChI is InChI=1S/C7H11FO3/c8-6(7(10)11)5(9)3-4-1-2-4/h4-6,9H,1-3H2,(H,10,11). The van der Waals surface area contributed by atoms with E-state index in [1.807, 2.05) is 0 Å². The van der Waals surface area contributed by atoms with E-state index in [2.05, 4.69) is 0 Å². The summed E-state index contributed by atoms with van der Waals surface area (Å²) in [6.45, 7) is 0. The fourth-order valence-electron chi connectivity index (χ4n) is 0.979. The topological polar surface area (TPSA) is 57.5 Å². The first-order chi connectivity index (χ1) is 5.11. The van der Waals surface area contributed by atoms with Gasteiger partial charge in [-0.05, 0) is 12.3 Å². The van der Waals surface area contributed by atoms with Gasteiger partial charge in [0.2, 0.25) is 6.17 Å². The van der Waals surface area contributed by atoms with Gasteiger partial charge in [0, 0.05) is 0 Å². The molecule has 1 rings (SSSR count). The number of aliphatic carboxylic acids is 1. The molecule has 64 valence electrons. The van der Waals surface area contributed by atoms with Crippen molar-refractivity contribution in [1.82, 2.24) is 0 Å². The van der Waals surface area contributed by atoms with Crippen molar-refractivity contribution in [2.24, 2.45) is 5.92 Å².